The van der Waals surface area contributed by atoms with Crippen LogP contribution in [0.2, 0.25) is 0 Å². The summed E-state index contributed by atoms with van der Waals surface area (Å²) in [6.07, 6.45) is 0.171. The van der Waals surface area contributed by atoms with Gasteiger partial charge in [-0.05, 0) is 31.0 Å². The van der Waals surface area contributed by atoms with Crippen LogP contribution in [0.3, 0.4) is 0 Å². The average Bonchev–Trinajstić information content (AvgIpc) is 2.55. The van der Waals surface area contributed by atoms with Crippen LogP contribution in [0.25, 0.3) is 0 Å². The Morgan fingerprint density at radius 1 is 1.08 bits per heavy atom. The molecule has 0 aliphatic carbocycles. The molecule has 0 aliphatic heterocycles. The Bertz CT molecular complexity index is 786. The number of carbonyl (C=O) groups is 1. The summed E-state index contributed by atoms with van der Waals surface area (Å²) in [6, 6.07) is 14.9. The van der Waals surface area contributed by atoms with E-state index in [4.69, 9.17) is 5.11 Å². The molecule has 0 unspecified atom stereocenters. The van der Waals surface area contributed by atoms with Crippen molar-refractivity contribution in [3.63, 3.8) is 0 Å². The van der Waals surface area contributed by atoms with Crippen molar-refractivity contribution >= 4 is 16.0 Å². The maximum Gasteiger partial charge on any atom is 0.306 e. The molecule has 24 heavy (non-hydrogen) atoms. The van der Waals surface area contributed by atoms with Crippen molar-refractivity contribution in [3.8, 4) is 0 Å². The molecule has 0 heterocycles. The highest BCUT2D eigenvalue weighted by Crippen LogP contribution is 2.24. The van der Waals surface area contributed by atoms with E-state index >= 15 is 0 Å². The van der Waals surface area contributed by atoms with Crippen LogP contribution in [-0.4, -0.2) is 19.5 Å². The standard InChI is InChI=1S/C18H21NO4S/c1-13-8-10-16(11-9-13)24(22,23)19-17(12-14(2)18(20)21)15-6-4-3-5-7-15/h3-11,14,17,19H,12H2,1-2H3,(H,20,21)/t14-,17-/m0/s1. The summed E-state index contributed by atoms with van der Waals surface area (Å²) in [5.74, 6) is -1.62. The van der Waals surface area contributed by atoms with E-state index in [1.54, 1.807) is 55.5 Å². The summed E-state index contributed by atoms with van der Waals surface area (Å²) in [5.41, 5.74) is 1.70. The highest BCUT2D eigenvalue weighted by molar-refractivity contribution is 7.89. The molecule has 128 valence electrons. The molecule has 6 heteroatoms. The first kappa shape index (κ1) is 18.2. The number of nitrogens with one attached hydrogen (secondary N) is 1. The van der Waals surface area contributed by atoms with Crippen LogP contribution in [0.4, 0.5) is 0 Å². The Morgan fingerprint density at radius 2 is 1.67 bits per heavy atom. The van der Waals surface area contributed by atoms with E-state index in [-0.39, 0.29) is 11.3 Å². The van der Waals surface area contributed by atoms with Gasteiger partial charge in [-0.3, -0.25) is 4.79 Å². The van der Waals surface area contributed by atoms with Crippen LogP contribution in [0, 0.1) is 12.8 Å². The van der Waals surface area contributed by atoms with E-state index < -0.39 is 28.0 Å². The second kappa shape index (κ2) is 7.59. The normalized spacial score (nSPS) is 14.1. The number of aryl methyl sites for hydroxylation is 1. The lowest BCUT2D eigenvalue weighted by Gasteiger charge is -2.21. The van der Waals surface area contributed by atoms with Gasteiger partial charge in [0.05, 0.1) is 10.8 Å². The van der Waals surface area contributed by atoms with E-state index in [0.717, 1.165) is 11.1 Å². The minimum Gasteiger partial charge on any atom is -0.481 e. The van der Waals surface area contributed by atoms with Crippen LogP contribution in [0.5, 0.6) is 0 Å². The van der Waals surface area contributed by atoms with Crippen LogP contribution in [-0.2, 0) is 14.8 Å². The first-order valence-electron chi connectivity index (χ1n) is 7.66. The van der Waals surface area contributed by atoms with Crippen molar-refractivity contribution in [1.29, 1.82) is 0 Å². The van der Waals surface area contributed by atoms with Crippen LogP contribution < -0.4 is 4.72 Å². The number of carboxylic acids is 1. The number of hydrogen-bond acceptors (Lipinski definition) is 3. The fourth-order valence-electron chi connectivity index (χ4n) is 2.36. The van der Waals surface area contributed by atoms with Crippen molar-refractivity contribution in [3.05, 3.63) is 65.7 Å². The summed E-state index contributed by atoms with van der Waals surface area (Å²) >= 11 is 0. The van der Waals surface area contributed by atoms with Crippen LogP contribution in [0.15, 0.2) is 59.5 Å². The largest absolute Gasteiger partial charge is 0.481 e. The minimum absolute atomic E-state index is 0.164. The molecule has 2 aromatic carbocycles. The molecule has 5 nitrogen and oxygen atoms in total. The zero-order valence-electron chi connectivity index (χ0n) is 13.6. The van der Waals surface area contributed by atoms with E-state index in [0.29, 0.717) is 0 Å². The van der Waals surface area contributed by atoms with Crippen molar-refractivity contribution in [2.45, 2.75) is 31.2 Å². The minimum atomic E-state index is -3.74. The Balaban J connectivity index is 2.30. The van der Waals surface area contributed by atoms with Gasteiger partial charge in [-0.2, -0.15) is 0 Å². The highest BCUT2D eigenvalue weighted by Gasteiger charge is 2.25. The number of hydrogen-bond donors (Lipinski definition) is 2. The molecule has 0 saturated heterocycles. The van der Waals surface area contributed by atoms with Gasteiger partial charge in [0, 0.05) is 6.04 Å². The fourth-order valence-corrected chi connectivity index (χ4v) is 3.60. The molecule has 0 aromatic heterocycles. The molecule has 0 saturated carbocycles. The SMILES string of the molecule is Cc1ccc(S(=O)(=O)N[C@@H](C[C@H](C)C(=O)O)c2ccccc2)cc1. The summed E-state index contributed by atoms with van der Waals surface area (Å²) in [4.78, 5) is 11.3. The Kier molecular flexibility index (Phi) is 5.75. The summed E-state index contributed by atoms with van der Waals surface area (Å²) in [6.45, 7) is 3.45. The van der Waals surface area contributed by atoms with Gasteiger partial charge in [-0.15, -0.1) is 0 Å². The third-order valence-electron chi connectivity index (χ3n) is 3.84. The van der Waals surface area contributed by atoms with E-state index in [9.17, 15) is 13.2 Å². The molecule has 2 rings (SSSR count). The van der Waals surface area contributed by atoms with Gasteiger partial charge in [0.15, 0.2) is 0 Å². The molecule has 0 amide bonds. The lowest BCUT2D eigenvalue weighted by Crippen LogP contribution is -2.31. The topological polar surface area (TPSA) is 83.5 Å². The van der Waals surface area contributed by atoms with Gasteiger partial charge >= 0.3 is 5.97 Å². The third-order valence-corrected chi connectivity index (χ3v) is 5.33. The third kappa shape index (κ3) is 4.66. The van der Waals surface area contributed by atoms with Gasteiger partial charge in [0.25, 0.3) is 0 Å². The predicted octanol–water partition coefficient (Wildman–Crippen LogP) is 3.13. The molecular weight excluding hydrogens is 326 g/mol. The fraction of sp³-hybridized carbons (Fsp3) is 0.278. The van der Waals surface area contributed by atoms with Crippen molar-refractivity contribution in [1.82, 2.24) is 4.72 Å². The Labute approximate surface area is 142 Å². The van der Waals surface area contributed by atoms with Crippen molar-refractivity contribution in [2.24, 2.45) is 5.92 Å². The number of sulfonamides is 1. The molecule has 2 N–H and O–H groups in total. The van der Waals surface area contributed by atoms with Crippen LogP contribution in [0.1, 0.15) is 30.5 Å². The van der Waals surface area contributed by atoms with Gasteiger partial charge in [0.2, 0.25) is 10.0 Å². The maximum atomic E-state index is 12.6. The predicted molar refractivity (Wildman–Crippen MR) is 92.1 cm³/mol. The zero-order chi connectivity index (χ0) is 17.7. The Hall–Kier alpha value is -2.18. The van der Waals surface area contributed by atoms with Gasteiger partial charge in [-0.25, -0.2) is 13.1 Å². The summed E-state index contributed by atoms with van der Waals surface area (Å²) in [5, 5.41) is 9.15. The number of aliphatic carboxylic acids is 1. The first-order valence-corrected chi connectivity index (χ1v) is 9.14. The summed E-state index contributed by atoms with van der Waals surface area (Å²) in [7, 11) is -3.74. The molecule has 2 aromatic rings. The van der Waals surface area contributed by atoms with E-state index in [1.807, 2.05) is 13.0 Å². The molecule has 0 bridgehead atoms. The number of benzene rings is 2. The molecule has 0 radical (unpaired) electrons. The monoisotopic (exact) mass is 347 g/mol. The van der Waals surface area contributed by atoms with Crippen molar-refractivity contribution < 1.29 is 18.3 Å². The van der Waals surface area contributed by atoms with E-state index in [1.165, 1.54) is 0 Å². The highest BCUT2D eigenvalue weighted by atomic mass is 32.2. The van der Waals surface area contributed by atoms with Gasteiger partial charge < -0.3 is 5.11 Å². The molecular formula is C18H21NO4S. The first-order chi connectivity index (χ1) is 11.3. The zero-order valence-corrected chi connectivity index (χ0v) is 14.5. The maximum absolute atomic E-state index is 12.6. The van der Waals surface area contributed by atoms with Gasteiger partial charge in [-0.1, -0.05) is 55.0 Å². The second-order valence-electron chi connectivity index (χ2n) is 5.87. The van der Waals surface area contributed by atoms with E-state index in [2.05, 4.69) is 4.72 Å². The second-order valence-corrected chi connectivity index (χ2v) is 7.59. The lowest BCUT2D eigenvalue weighted by molar-refractivity contribution is -0.141. The molecule has 2 atom stereocenters. The smallest absolute Gasteiger partial charge is 0.306 e. The van der Waals surface area contributed by atoms with Gasteiger partial charge in [0.1, 0.15) is 0 Å². The molecule has 0 aliphatic rings. The Morgan fingerprint density at radius 3 is 2.21 bits per heavy atom. The number of carboxylic acid groups (broad SMARTS) is 1. The van der Waals surface area contributed by atoms with Crippen molar-refractivity contribution in [2.75, 3.05) is 0 Å². The lowest BCUT2D eigenvalue weighted by atomic mass is 9.97. The molecule has 0 spiro atoms. The number of rotatable bonds is 7. The molecule has 0 fully saturated rings. The van der Waals surface area contributed by atoms with Crippen LogP contribution >= 0.6 is 0 Å². The summed E-state index contributed by atoms with van der Waals surface area (Å²) < 4.78 is 27.9. The average molecular weight is 347 g/mol. The quantitative estimate of drug-likeness (QED) is 0.806.